The molecule has 21 heavy (non-hydrogen) atoms. The second-order valence-corrected chi connectivity index (χ2v) is 6.46. The molecule has 1 aromatic rings. The van der Waals surface area contributed by atoms with E-state index < -0.39 is 6.10 Å². The summed E-state index contributed by atoms with van der Waals surface area (Å²) in [5.74, 6) is 1.32. The smallest absolute Gasteiger partial charge is 0.268 e. The molecule has 0 spiro atoms. The van der Waals surface area contributed by atoms with Gasteiger partial charge >= 0.3 is 0 Å². The van der Waals surface area contributed by atoms with Gasteiger partial charge in [-0.25, -0.2) is 0 Å². The van der Waals surface area contributed by atoms with Crippen molar-refractivity contribution in [1.82, 2.24) is 0 Å². The topological polar surface area (TPSA) is 55.6 Å². The Hall–Kier alpha value is -1.55. The fourth-order valence-electron chi connectivity index (χ4n) is 2.61. The summed E-state index contributed by atoms with van der Waals surface area (Å²) in [6.07, 6.45) is -0.434. The summed E-state index contributed by atoms with van der Waals surface area (Å²) in [6.45, 7) is 10.7. The fraction of sp³-hybridized carbons (Fsp3) is 0.588. The molecule has 1 aromatic carbocycles. The van der Waals surface area contributed by atoms with Gasteiger partial charge in [0.2, 0.25) is 0 Å². The van der Waals surface area contributed by atoms with Crippen LogP contribution in [-0.2, 0) is 4.79 Å². The Kier molecular flexibility index (Phi) is 4.57. The molecule has 4 heteroatoms. The zero-order valence-corrected chi connectivity index (χ0v) is 13.6. The minimum absolute atomic E-state index is 0.0105. The maximum atomic E-state index is 12.8. The first-order valence-electron chi connectivity index (χ1n) is 7.70. The van der Waals surface area contributed by atoms with Crippen molar-refractivity contribution in [2.45, 2.75) is 52.7 Å². The highest BCUT2D eigenvalue weighted by Gasteiger charge is 2.38. The number of hydrogen-bond donors (Lipinski definition) is 1. The standard InChI is InChI=1S/C17H26N2O2/c1-10(2)13-6-7-15-14(8-13)19(12(5)9-18)17(20)16(21-15)11(3)4/h6-8,10-12,16H,9,18H2,1-5H3. The predicted octanol–water partition coefficient (Wildman–Crippen LogP) is 2.91. The van der Waals surface area contributed by atoms with Crippen LogP contribution in [0.2, 0.25) is 0 Å². The number of nitrogens with two attached hydrogens (primary N) is 1. The van der Waals surface area contributed by atoms with Gasteiger partial charge in [-0.1, -0.05) is 33.8 Å². The highest BCUT2D eigenvalue weighted by molar-refractivity contribution is 6.00. The zero-order valence-electron chi connectivity index (χ0n) is 13.6. The summed E-state index contributed by atoms with van der Waals surface area (Å²) in [6, 6.07) is 6.06. The number of hydrogen-bond acceptors (Lipinski definition) is 3. The Morgan fingerprint density at radius 3 is 2.43 bits per heavy atom. The second kappa shape index (κ2) is 6.06. The predicted molar refractivity (Wildman–Crippen MR) is 85.8 cm³/mol. The maximum absolute atomic E-state index is 12.8. The molecule has 1 heterocycles. The molecule has 0 bridgehead atoms. The number of carbonyl (C=O) groups is 1. The largest absolute Gasteiger partial charge is 0.478 e. The van der Waals surface area contributed by atoms with E-state index in [0.717, 1.165) is 11.4 Å². The van der Waals surface area contributed by atoms with Crippen LogP contribution in [-0.4, -0.2) is 24.6 Å². The molecule has 0 fully saturated rings. The molecule has 4 nitrogen and oxygen atoms in total. The van der Waals surface area contributed by atoms with Crippen LogP contribution in [0.4, 0.5) is 5.69 Å². The molecule has 2 unspecified atom stereocenters. The Morgan fingerprint density at radius 2 is 1.90 bits per heavy atom. The highest BCUT2D eigenvalue weighted by Crippen LogP contribution is 2.38. The van der Waals surface area contributed by atoms with E-state index in [4.69, 9.17) is 10.5 Å². The van der Waals surface area contributed by atoms with E-state index in [9.17, 15) is 4.79 Å². The van der Waals surface area contributed by atoms with Gasteiger partial charge in [0.1, 0.15) is 5.75 Å². The number of anilines is 1. The fourth-order valence-corrected chi connectivity index (χ4v) is 2.61. The van der Waals surface area contributed by atoms with E-state index in [-0.39, 0.29) is 17.9 Å². The van der Waals surface area contributed by atoms with E-state index in [1.54, 1.807) is 0 Å². The number of carbonyl (C=O) groups excluding carboxylic acids is 1. The molecule has 0 aliphatic carbocycles. The van der Waals surface area contributed by atoms with E-state index in [2.05, 4.69) is 26.0 Å². The van der Waals surface area contributed by atoms with Gasteiger partial charge in [-0.3, -0.25) is 4.79 Å². The third kappa shape index (κ3) is 2.91. The molecule has 2 atom stereocenters. The molecule has 0 aromatic heterocycles. The normalized spacial score (nSPS) is 19.7. The number of nitrogens with zero attached hydrogens (tertiary/aromatic N) is 1. The van der Waals surface area contributed by atoms with Crippen LogP contribution in [0.1, 0.15) is 46.1 Å². The molecule has 2 rings (SSSR count). The van der Waals surface area contributed by atoms with Gasteiger partial charge in [-0.05, 0) is 36.5 Å². The Bertz CT molecular complexity index is 526. The molecule has 2 N–H and O–H groups in total. The third-order valence-electron chi connectivity index (χ3n) is 4.03. The first-order valence-corrected chi connectivity index (χ1v) is 7.70. The first kappa shape index (κ1) is 15.8. The molecule has 0 saturated carbocycles. The van der Waals surface area contributed by atoms with Gasteiger partial charge in [0.25, 0.3) is 5.91 Å². The number of ether oxygens (including phenoxy) is 1. The molecule has 1 aliphatic rings. The van der Waals surface area contributed by atoms with Gasteiger partial charge in [0, 0.05) is 12.6 Å². The molecule has 1 aliphatic heterocycles. The van der Waals surface area contributed by atoms with E-state index in [0.29, 0.717) is 12.5 Å². The highest BCUT2D eigenvalue weighted by atomic mass is 16.5. The molecule has 116 valence electrons. The maximum Gasteiger partial charge on any atom is 0.268 e. The summed E-state index contributed by atoms with van der Waals surface area (Å²) >= 11 is 0. The average Bonchev–Trinajstić information content (AvgIpc) is 2.44. The zero-order chi connectivity index (χ0) is 15.7. The Labute approximate surface area is 127 Å². The molecule has 1 amide bonds. The summed E-state index contributed by atoms with van der Waals surface area (Å²) in [5.41, 5.74) is 7.85. The van der Waals surface area contributed by atoms with E-state index in [1.165, 1.54) is 5.56 Å². The van der Waals surface area contributed by atoms with Crippen molar-refractivity contribution >= 4 is 11.6 Å². The van der Waals surface area contributed by atoms with Crippen LogP contribution in [0, 0.1) is 5.92 Å². The van der Waals surface area contributed by atoms with Gasteiger partial charge < -0.3 is 15.4 Å². The first-order chi connectivity index (χ1) is 9.86. The van der Waals surface area contributed by atoms with Crippen LogP contribution in [0.15, 0.2) is 18.2 Å². The molecular formula is C17H26N2O2. The summed E-state index contributed by atoms with van der Waals surface area (Å²) in [4.78, 5) is 14.6. The van der Waals surface area contributed by atoms with Crippen molar-refractivity contribution in [1.29, 1.82) is 0 Å². The number of benzene rings is 1. The van der Waals surface area contributed by atoms with Crippen molar-refractivity contribution in [2.24, 2.45) is 11.7 Å². The minimum Gasteiger partial charge on any atom is -0.478 e. The van der Waals surface area contributed by atoms with Crippen LogP contribution in [0.5, 0.6) is 5.75 Å². The third-order valence-corrected chi connectivity index (χ3v) is 4.03. The quantitative estimate of drug-likeness (QED) is 0.927. The van der Waals surface area contributed by atoms with Gasteiger partial charge in [0.15, 0.2) is 6.10 Å². The molecule has 0 saturated heterocycles. The van der Waals surface area contributed by atoms with Crippen molar-refractivity contribution in [3.05, 3.63) is 23.8 Å². The van der Waals surface area contributed by atoms with E-state index >= 15 is 0 Å². The van der Waals surface area contributed by atoms with Crippen LogP contribution in [0.25, 0.3) is 0 Å². The van der Waals surface area contributed by atoms with Crippen molar-refractivity contribution in [3.63, 3.8) is 0 Å². The van der Waals surface area contributed by atoms with Gasteiger partial charge in [-0.2, -0.15) is 0 Å². The lowest BCUT2D eigenvalue weighted by atomic mass is 9.98. The van der Waals surface area contributed by atoms with Crippen molar-refractivity contribution < 1.29 is 9.53 Å². The monoisotopic (exact) mass is 290 g/mol. The lowest BCUT2D eigenvalue weighted by Crippen LogP contribution is -2.53. The minimum atomic E-state index is -0.434. The molecule has 0 radical (unpaired) electrons. The lowest BCUT2D eigenvalue weighted by molar-refractivity contribution is -0.128. The Morgan fingerprint density at radius 1 is 1.24 bits per heavy atom. The van der Waals surface area contributed by atoms with Crippen LogP contribution < -0.4 is 15.4 Å². The van der Waals surface area contributed by atoms with Gasteiger partial charge in [-0.15, -0.1) is 0 Å². The van der Waals surface area contributed by atoms with Crippen molar-refractivity contribution in [3.8, 4) is 5.75 Å². The second-order valence-electron chi connectivity index (χ2n) is 6.46. The van der Waals surface area contributed by atoms with Crippen LogP contribution in [0.3, 0.4) is 0 Å². The summed E-state index contributed by atoms with van der Waals surface area (Å²) in [5, 5.41) is 0. The van der Waals surface area contributed by atoms with E-state index in [1.807, 2.05) is 31.7 Å². The van der Waals surface area contributed by atoms with Crippen molar-refractivity contribution in [2.75, 3.05) is 11.4 Å². The average molecular weight is 290 g/mol. The van der Waals surface area contributed by atoms with Crippen LogP contribution >= 0.6 is 0 Å². The number of fused-ring (bicyclic) bond motifs is 1. The summed E-state index contributed by atoms with van der Waals surface area (Å²) in [7, 11) is 0. The molecular weight excluding hydrogens is 264 g/mol. The summed E-state index contributed by atoms with van der Waals surface area (Å²) < 4.78 is 5.93. The van der Waals surface area contributed by atoms with Gasteiger partial charge in [0.05, 0.1) is 5.69 Å². The SMILES string of the molecule is CC(C)c1ccc2c(c1)N(C(C)CN)C(=O)C(C(C)C)O2. The Balaban J connectivity index is 2.52. The number of amides is 1. The number of rotatable bonds is 4. The lowest BCUT2D eigenvalue weighted by Gasteiger charge is -2.39.